The van der Waals surface area contributed by atoms with Gasteiger partial charge < -0.3 is 20.3 Å². The van der Waals surface area contributed by atoms with Crippen LogP contribution < -0.4 is 15.4 Å². The van der Waals surface area contributed by atoms with Crippen LogP contribution in [0.2, 0.25) is 0 Å². The number of benzene rings is 1. The third-order valence-electron chi connectivity index (χ3n) is 4.14. The summed E-state index contributed by atoms with van der Waals surface area (Å²) in [6.07, 6.45) is -2.40. The summed E-state index contributed by atoms with van der Waals surface area (Å²) in [6, 6.07) is 5.06. The van der Waals surface area contributed by atoms with Crippen LogP contribution in [0.1, 0.15) is 18.7 Å². The number of halogens is 6. The summed E-state index contributed by atoms with van der Waals surface area (Å²) in [5.74, 6) is -0.162. The number of alkyl halides is 6. The second kappa shape index (κ2) is 9.59. The van der Waals surface area contributed by atoms with Gasteiger partial charge in [0.1, 0.15) is 5.75 Å². The molecule has 0 saturated carbocycles. The largest absolute Gasteiger partial charge is 0.573 e. The van der Waals surface area contributed by atoms with E-state index in [-0.39, 0.29) is 23.5 Å². The minimum absolute atomic E-state index is 0.0690. The number of hydrogen-bond acceptors (Lipinski definition) is 7. The topological polar surface area (TPSA) is 75.2 Å². The minimum atomic E-state index is -4.77. The zero-order valence-electron chi connectivity index (χ0n) is 15.5. The molecule has 0 atom stereocenters. The Labute approximate surface area is 185 Å². The molecule has 1 aliphatic heterocycles. The van der Waals surface area contributed by atoms with Crippen molar-refractivity contribution in [2.24, 2.45) is 0 Å². The van der Waals surface area contributed by atoms with Crippen LogP contribution in [0, 0.1) is 0 Å². The van der Waals surface area contributed by atoms with Crippen molar-refractivity contribution in [3.8, 4) is 5.75 Å². The third-order valence-corrected chi connectivity index (χ3v) is 4.65. The fourth-order valence-electron chi connectivity index (χ4n) is 2.84. The molecule has 0 amide bonds. The molecule has 0 radical (unpaired) electrons. The molecule has 2 N–H and O–H groups in total. The van der Waals surface area contributed by atoms with Gasteiger partial charge in [-0.05, 0) is 50.2 Å². The fraction of sp³-hybridized carbons (Fsp3) is 0.471. The average molecular weight is 486 g/mol. The number of hydrogen-bond donors (Lipinski definition) is 2. The molecule has 1 aliphatic rings. The summed E-state index contributed by atoms with van der Waals surface area (Å²) in [5.41, 5.74) is 0.411. The van der Waals surface area contributed by atoms with Gasteiger partial charge >= 0.3 is 6.36 Å². The molecule has 1 aromatic carbocycles. The first kappa shape index (κ1) is 22.9. The lowest BCUT2D eigenvalue weighted by molar-refractivity contribution is -0.274. The van der Waals surface area contributed by atoms with E-state index < -0.39 is 10.2 Å². The minimum Gasteiger partial charge on any atom is -0.406 e. The van der Waals surface area contributed by atoms with Crippen molar-refractivity contribution in [2.75, 3.05) is 36.8 Å². The standard InChI is InChI=1S/C17H18Cl3F3N6O/c18-16(19,20)13-26-14(24-7-10-29-8-1-2-9-29)28-15(27-13)25-11-3-5-12(6-4-11)30-17(21,22)23/h3-6H,1-2,7-10H2,(H2,24,25,26,27,28). The van der Waals surface area contributed by atoms with E-state index >= 15 is 0 Å². The molecule has 1 saturated heterocycles. The summed E-state index contributed by atoms with van der Waals surface area (Å²) in [6.45, 7) is 3.52. The number of likely N-dealkylation sites (tertiary alicyclic amines) is 1. The van der Waals surface area contributed by atoms with E-state index in [0.29, 0.717) is 12.2 Å². The van der Waals surface area contributed by atoms with Crippen LogP contribution in [-0.2, 0) is 3.79 Å². The number of nitrogens with zero attached hydrogens (tertiary/aromatic N) is 4. The quantitative estimate of drug-likeness (QED) is 0.543. The zero-order valence-corrected chi connectivity index (χ0v) is 17.8. The Morgan fingerprint density at radius 1 is 0.967 bits per heavy atom. The van der Waals surface area contributed by atoms with Gasteiger partial charge in [0, 0.05) is 18.8 Å². The van der Waals surface area contributed by atoms with E-state index in [4.69, 9.17) is 34.8 Å². The van der Waals surface area contributed by atoms with E-state index in [1.807, 2.05) is 0 Å². The average Bonchev–Trinajstić information content (AvgIpc) is 3.15. The summed E-state index contributed by atoms with van der Waals surface area (Å²) >= 11 is 17.7. The Kier molecular flexibility index (Phi) is 7.33. The summed E-state index contributed by atoms with van der Waals surface area (Å²) in [7, 11) is 0. The molecular weight excluding hydrogens is 468 g/mol. The maximum absolute atomic E-state index is 12.3. The second-order valence-electron chi connectivity index (χ2n) is 6.48. The number of anilines is 3. The van der Waals surface area contributed by atoms with Gasteiger partial charge in [0.2, 0.25) is 15.7 Å². The van der Waals surface area contributed by atoms with Gasteiger partial charge in [0.05, 0.1) is 0 Å². The molecule has 2 aromatic rings. The number of rotatable bonds is 7. The maximum atomic E-state index is 12.3. The van der Waals surface area contributed by atoms with Gasteiger partial charge in [-0.1, -0.05) is 34.8 Å². The molecule has 0 unspecified atom stereocenters. The van der Waals surface area contributed by atoms with Crippen LogP contribution in [0.25, 0.3) is 0 Å². The van der Waals surface area contributed by atoms with Gasteiger partial charge in [-0.2, -0.15) is 15.0 Å². The highest BCUT2D eigenvalue weighted by Crippen LogP contribution is 2.36. The number of aromatic nitrogens is 3. The van der Waals surface area contributed by atoms with Crippen molar-refractivity contribution in [2.45, 2.75) is 23.0 Å². The monoisotopic (exact) mass is 484 g/mol. The van der Waals surface area contributed by atoms with E-state index in [1.54, 1.807) is 0 Å². The predicted molar refractivity (Wildman–Crippen MR) is 110 cm³/mol. The third kappa shape index (κ3) is 7.19. The molecule has 13 heteroatoms. The van der Waals surface area contributed by atoms with Crippen molar-refractivity contribution in [3.05, 3.63) is 30.1 Å². The molecule has 3 rings (SSSR count). The van der Waals surface area contributed by atoms with Crippen molar-refractivity contribution in [3.63, 3.8) is 0 Å². The molecule has 1 fully saturated rings. The normalized spacial score (nSPS) is 15.3. The first-order chi connectivity index (χ1) is 14.1. The smallest absolute Gasteiger partial charge is 0.406 e. The van der Waals surface area contributed by atoms with Gasteiger partial charge in [-0.25, -0.2) is 0 Å². The highest BCUT2D eigenvalue weighted by Gasteiger charge is 2.31. The van der Waals surface area contributed by atoms with Crippen molar-refractivity contribution in [1.29, 1.82) is 0 Å². The molecule has 0 bridgehead atoms. The highest BCUT2D eigenvalue weighted by atomic mass is 35.6. The van der Waals surface area contributed by atoms with Crippen LogP contribution in [-0.4, -0.2) is 52.4 Å². The molecule has 2 heterocycles. The van der Waals surface area contributed by atoms with E-state index in [0.717, 1.165) is 31.8 Å². The Hall–Kier alpha value is -1.75. The SMILES string of the molecule is FC(F)(F)Oc1ccc(Nc2nc(NCCN3CCCC3)nc(C(Cl)(Cl)Cl)n2)cc1. The van der Waals surface area contributed by atoms with Crippen molar-refractivity contribution >= 4 is 52.4 Å². The lowest BCUT2D eigenvalue weighted by Crippen LogP contribution is -2.26. The predicted octanol–water partition coefficient (Wildman–Crippen LogP) is 4.85. The molecule has 0 spiro atoms. The van der Waals surface area contributed by atoms with Gasteiger partial charge in [0.25, 0.3) is 0 Å². The van der Waals surface area contributed by atoms with Crippen LogP contribution in [0.3, 0.4) is 0 Å². The van der Waals surface area contributed by atoms with Crippen LogP contribution >= 0.6 is 34.8 Å². The van der Waals surface area contributed by atoms with Crippen LogP contribution in [0.5, 0.6) is 5.75 Å². The Morgan fingerprint density at radius 3 is 2.20 bits per heavy atom. The first-order valence-corrected chi connectivity index (χ1v) is 10.1. The van der Waals surface area contributed by atoms with Crippen molar-refractivity contribution in [1.82, 2.24) is 19.9 Å². The lowest BCUT2D eigenvalue weighted by Gasteiger charge is -2.16. The van der Waals surface area contributed by atoms with Gasteiger partial charge in [-0.15, -0.1) is 13.2 Å². The fourth-order valence-corrected chi connectivity index (χ4v) is 3.09. The molecule has 0 aliphatic carbocycles. The first-order valence-electron chi connectivity index (χ1n) is 9.01. The summed E-state index contributed by atoms with van der Waals surface area (Å²) in [5, 5.41) is 5.93. The molecule has 1 aromatic heterocycles. The molecule has 164 valence electrons. The van der Waals surface area contributed by atoms with E-state index in [2.05, 4.69) is 35.2 Å². The summed E-state index contributed by atoms with van der Waals surface area (Å²) in [4.78, 5) is 14.8. The zero-order chi connectivity index (χ0) is 21.8. The van der Waals surface area contributed by atoms with E-state index in [9.17, 15) is 13.2 Å². The molecule has 30 heavy (non-hydrogen) atoms. The number of ether oxygens (including phenoxy) is 1. The van der Waals surface area contributed by atoms with Crippen LogP contribution in [0.4, 0.5) is 30.8 Å². The Morgan fingerprint density at radius 2 is 1.60 bits per heavy atom. The molecule has 7 nitrogen and oxygen atoms in total. The maximum Gasteiger partial charge on any atom is 0.573 e. The highest BCUT2D eigenvalue weighted by molar-refractivity contribution is 6.66. The van der Waals surface area contributed by atoms with Gasteiger partial charge in [0.15, 0.2) is 5.82 Å². The molecular formula is C17H18Cl3F3N6O. The van der Waals surface area contributed by atoms with Crippen LogP contribution in [0.15, 0.2) is 24.3 Å². The Balaban J connectivity index is 1.70. The second-order valence-corrected chi connectivity index (χ2v) is 8.76. The van der Waals surface area contributed by atoms with Crippen molar-refractivity contribution < 1.29 is 17.9 Å². The van der Waals surface area contributed by atoms with Gasteiger partial charge in [-0.3, -0.25) is 0 Å². The Bertz CT molecular complexity index is 842. The van der Waals surface area contributed by atoms with E-state index in [1.165, 1.54) is 25.0 Å². The summed E-state index contributed by atoms with van der Waals surface area (Å²) < 4.78 is 38.8. The number of nitrogens with one attached hydrogen (secondary N) is 2. The lowest BCUT2D eigenvalue weighted by atomic mass is 10.3.